The van der Waals surface area contributed by atoms with E-state index in [0.717, 1.165) is 22.3 Å². The molecule has 176 valence electrons. The maximum absolute atomic E-state index is 12.6. The maximum Gasteiger partial charge on any atom is 0.411 e. The predicted octanol–water partition coefficient (Wildman–Crippen LogP) is 2.35. The molecule has 4 N–H and O–H groups in total. The van der Waals surface area contributed by atoms with Crippen LogP contribution in [0, 0.1) is 0 Å². The van der Waals surface area contributed by atoms with Gasteiger partial charge in [0.15, 0.2) is 5.69 Å². The number of hydrogen-bond donors (Lipinski definition) is 4. The topological polar surface area (TPSA) is 143 Å². The number of carboxylic acid groups (broad SMARTS) is 1. The SMILES string of the molecule is Cn1cc(NC(=O)OCC2c3ccccc3-c3ccccc32)c(C(=O)N[C@H](CCO)C(=O)O)n1. The molecule has 1 aromatic heterocycles. The summed E-state index contributed by atoms with van der Waals surface area (Å²) in [6.45, 7) is -0.316. The van der Waals surface area contributed by atoms with Gasteiger partial charge in [0.25, 0.3) is 5.91 Å². The van der Waals surface area contributed by atoms with Crippen molar-refractivity contribution >= 4 is 23.7 Å². The molecule has 3 aromatic rings. The van der Waals surface area contributed by atoms with Gasteiger partial charge in [0, 0.05) is 32.2 Å². The molecule has 34 heavy (non-hydrogen) atoms. The number of aromatic nitrogens is 2. The Labute approximate surface area is 195 Å². The van der Waals surface area contributed by atoms with Crippen molar-refractivity contribution in [2.24, 2.45) is 7.05 Å². The molecule has 1 aliphatic carbocycles. The molecule has 0 radical (unpaired) electrons. The Balaban J connectivity index is 1.45. The van der Waals surface area contributed by atoms with Crippen LogP contribution in [0.15, 0.2) is 54.7 Å². The third-order valence-electron chi connectivity index (χ3n) is 5.65. The first-order valence-corrected chi connectivity index (χ1v) is 10.7. The van der Waals surface area contributed by atoms with Crippen molar-refractivity contribution < 1.29 is 29.3 Å². The van der Waals surface area contributed by atoms with Crippen LogP contribution in [0.5, 0.6) is 0 Å². The molecule has 2 aromatic carbocycles. The number of aliphatic hydroxyl groups excluding tert-OH is 1. The minimum Gasteiger partial charge on any atom is -0.480 e. The maximum atomic E-state index is 12.6. The normalized spacial score (nSPS) is 13.0. The molecule has 0 fully saturated rings. The number of carbonyl (C=O) groups is 3. The Kier molecular flexibility index (Phi) is 6.60. The molecule has 1 heterocycles. The van der Waals surface area contributed by atoms with E-state index in [1.54, 1.807) is 7.05 Å². The van der Waals surface area contributed by atoms with E-state index in [9.17, 15) is 19.5 Å². The summed E-state index contributed by atoms with van der Waals surface area (Å²) >= 11 is 0. The standard InChI is InChI=1S/C24H24N4O6/c1-28-12-20(21(27-28)22(30)25-19(10-11-29)23(31)32)26-24(33)34-13-18-16-8-4-2-6-14(16)15-7-3-5-9-17(15)18/h2-9,12,18-19,29H,10-11,13H2,1H3,(H,25,30)(H,26,33)(H,31,32)/t19-/m1/s1. The van der Waals surface area contributed by atoms with Crippen molar-refractivity contribution in [2.75, 3.05) is 18.5 Å². The molecule has 1 aliphatic rings. The summed E-state index contributed by atoms with van der Waals surface area (Å²) in [5.74, 6) is -2.20. The van der Waals surface area contributed by atoms with Crippen LogP contribution in [-0.4, -0.2) is 57.2 Å². The van der Waals surface area contributed by atoms with E-state index in [2.05, 4.69) is 15.7 Å². The molecular weight excluding hydrogens is 440 g/mol. The lowest BCUT2D eigenvalue weighted by atomic mass is 9.98. The van der Waals surface area contributed by atoms with Crippen molar-refractivity contribution in [3.63, 3.8) is 0 Å². The summed E-state index contributed by atoms with van der Waals surface area (Å²) in [7, 11) is 1.56. The molecule has 0 saturated heterocycles. The first kappa shape index (κ1) is 23.0. The van der Waals surface area contributed by atoms with Crippen LogP contribution in [0.25, 0.3) is 11.1 Å². The Bertz CT molecular complexity index is 1190. The van der Waals surface area contributed by atoms with E-state index in [0.29, 0.717) is 0 Å². The fraction of sp³-hybridized carbons (Fsp3) is 0.250. The highest BCUT2D eigenvalue weighted by atomic mass is 16.5. The van der Waals surface area contributed by atoms with E-state index in [-0.39, 0.29) is 30.3 Å². The Morgan fingerprint density at radius 1 is 1.09 bits per heavy atom. The van der Waals surface area contributed by atoms with Gasteiger partial charge in [-0.1, -0.05) is 48.5 Å². The van der Waals surface area contributed by atoms with Crippen LogP contribution >= 0.6 is 0 Å². The van der Waals surface area contributed by atoms with E-state index in [1.807, 2.05) is 48.5 Å². The van der Waals surface area contributed by atoms with Gasteiger partial charge >= 0.3 is 12.1 Å². The summed E-state index contributed by atoms with van der Waals surface area (Å²) in [4.78, 5) is 36.4. The average Bonchev–Trinajstić information content (AvgIpc) is 3.34. The smallest absolute Gasteiger partial charge is 0.411 e. The number of benzene rings is 2. The fourth-order valence-corrected chi connectivity index (χ4v) is 4.11. The predicted molar refractivity (Wildman–Crippen MR) is 122 cm³/mol. The molecule has 4 rings (SSSR count). The number of carbonyl (C=O) groups excluding carboxylic acids is 2. The molecule has 10 heteroatoms. The second-order valence-electron chi connectivity index (χ2n) is 7.89. The summed E-state index contributed by atoms with van der Waals surface area (Å²) in [5.41, 5.74) is 4.26. The lowest BCUT2D eigenvalue weighted by Crippen LogP contribution is -2.41. The van der Waals surface area contributed by atoms with E-state index in [1.165, 1.54) is 10.9 Å². The zero-order valence-electron chi connectivity index (χ0n) is 18.4. The van der Waals surface area contributed by atoms with Crippen molar-refractivity contribution in [2.45, 2.75) is 18.4 Å². The third kappa shape index (κ3) is 4.62. The average molecular weight is 464 g/mol. The zero-order valence-corrected chi connectivity index (χ0v) is 18.4. The minimum atomic E-state index is -1.29. The summed E-state index contributed by atoms with van der Waals surface area (Å²) in [6, 6.07) is 14.6. The number of ether oxygens (including phenoxy) is 1. The zero-order chi connectivity index (χ0) is 24.2. The van der Waals surface area contributed by atoms with Gasteiger partial charge in [0.2, 0.25) is 0 Å². The lowest BCUT2D eigenvalue weighted by molar-refractivity contribution is -0.139. The largest absolute Gasteiger partial charge is 0.480 e. The number of nitrogens with one attached hydrogen (secondary N) is 2. The number of rotatable bonds is 8. The Morgan fingerprint density at radius 2 is 1.71 bits per heavy atom. The van der Waals surface area contributed by atoms with Crippen LogP contribution in [0.2, 0.25) is 0 Å². The lowest BCUT2D eigenvalue weighted by Gasteiger charge is -2.15. The van der Waals surface area contributed by atoms with Gasteiger partial charge in [-0.15, -0.1) is 0 Å². The second kappa shape index (κ2) is 9.75. The van der Waals surface area contributed by atoms with Crippen LogP contribution in [0.4, 0.5) is 10.5 Å². The van der Waals surface area contributed by atoms with Crippen molar-refractivity contribution in [1.29, 1.82) is 0 Å². The van der Waals surface area contributed by atoms with Gasteiger partial charge in [-0.3, -0.25) is 14.8 Å². The van der Waals surface area contributed by atoms with Crippen molar-refractivity contribution in [3.8, 4) is 11.1 Å². The molecular formula is C24H24N4O6. The Morgan fingerprint density at radius 3 is 2.29 bits per heavy atom. The number of amides is 2. The quantitative estimate of drug-likeness (QED) is 0.401. The molecule has 1 atom stereocenters. The molecule has 0 bridgehead atoms. The third-order valence-corrected chi connectivity index (χ3v) is 5.65. The number of nitrogens with zero attached hydrogens (tertiary/aromatic N) is 2. The number of hydrogen-bond acceptors (Lipinski definition) is 6. The highest BCUT2D eigenvalue weighted by Crippen LogP contribution is 2.44. The molecule has 0 spiro atoms. The summed E-state index contributed by atoms with van der Waals surface area (Å²) < 4.78 is 6.81. The van der Waals surface area contributed by atoms with E-state index >= 15 is 0 Å². The van der Waals surface area contributed by atoms with Gasteiger partial charge in [-0.05, 0) is 22.3 Å². The van der Waals surface area contributed by atoms with E-state index in [4.69, 9.17) is 9.84 Å². The van der Waals surface area contributed by atoms with Crippen molar-refractivity contribution in [3.05, 3.63) is 71.5 Å². The van der Waals surface area contributed by atoms with Crippen LogP contribution in [0.3, 0.4) is 0 Å². The Hall–Kier alpha value is -4.18. The fourth-order valence-electron chi connectivity index (χ4n) is 4.11. The van der Waals surface area contributed by atoms with Gasteiger partial charge in [0.05, 0.1) is 5.69 Å². The van der Waals surface area contributed by atoms with Crippen molar-refractivity contribution in [1.82, 2.24) is 15.1 Å². The molecule has 0 aliphatic heterocycles. The minimum absolute atomic E-state index is 0.0744. The number of aliphatic carboxylic acids is 1. The molecule has 2 amide bonds. The van der Waals surface area contributed by atoms with Gasteiger partial charge in [0.1, 0.15) is 12.6 Å². The van der Waals surface area contributed by atoms with Gasteiger partial charge in [-0.25, -0.2) is 9.59 Å². The highest BCUT2D eigenvalue weighted by molar-refractivity contribution is 6.02. The van der Waals surface area contributed by atoms with Gasteiger partial charge < -0.3 is 20.3 Å². The summed E-state index contributed by atoms with van der Waals surface area (Å²) in [5, 5.41) is 27.0. The van der Waals surface area contributed by atoms with Crippen LogP contribution in [-0.2, 0) is 16.6 Å². The number of fused-ring (bicyclic) bond motifs is 3. The molecule has 0 unspecified atom stereocenters. The summed E-state index contributed by atoms with van der Waals surface area (Å²) in [6.07, 6.45) is 0.482. The first-order valence-electron chi connectivity index (χ1n) is 10.7. The van der Waals surface area contributed by atoms with Crippen LogP contribution in [0.1, 0.15) is 34.0 Å². The van der Waals surface area contributed by atoms with Crippen LogP contribution < -0.4 is 10.6 Å². The van der Waals surface area contributed by atoms with E-state index < -0.39 is 30.6 Å². The molecule has 10 nitrogen and oxygen atoms in total. The number of carboxylic acids is 1. The molecule has 0 saturated carbocycles. The van der Waals surface area contributed by atoms with Gasteiger partial charge in [-0.2, -0.15) is 5.10 Å². The first-order chi connectivity index (χ1) is 16.4. The highest BCUT2D eigenvalue weighted by Gasteiger charge is 2.29. The number of aliphatic hydroxyl groups is 1. The number of aryl methyl sites for hydroxylation is 1. The number of anilines is 1. The second-order valence-corrected chi connectivity index (χ2v) is 7.89. The monoisotopic (exact) mass is 464 g/mol.